The maximum absolute atomic E-state index is 12.9. The van der Waals surface area contributed by atoms with Crippen LogP contribution in [-0.2, 0) is 20.0 Å². The Balaban J connectivity index is 0.000000168. The topological polar surface area (TPSA) is 165 Å². The molecule has 14 heteroatoms. The number of sulfonamides is 2. The third kappa shape index (κ3) is 6.19. The summed E-state index contributed by atoms with van der Waals surface area (Å²) < 4.78 is 54.4. The van der Waals surface area contributed by atoms with E-state index in [1.165, 1.54) is 21.0 Å². The molecule has 2 aromatic carbocycles. The predicted molar refractivity (Wildman–Crippen MR) is 162 cm³/mol. The van der Waals surface area contributed by atoms with Gasteiger partial charge in [0.2, 0.25) is 20.0 Å². The first kappa shape index (κ1) is 30.1. The van der Waals surface area contributed by atoms with Crippen LogP contribution in [0.1, 0.15) is 12.8 Å². The van der Waals surface area contributed by atoms with Crippen LogP contribution in [0.4, 0.5) is 0 Å². The third-order valence-corrected chi connectivity index (χ3v) is 11.3. The summed E-state index contributed by atoms with van der Waals surface area (Å²) in [4.78, 5) is 29.2. The van der Waals surface area contributed by atoms with E-state index in [0.717, 1.165) is 25.9 Å². The van der Waals surface area contributed by atoms with E-state index in [4.69, 9.17) is 0 Å². The van der Waals surface area contributed by atoms with Gasteiger partial charge in [-0.05, 0) is 62.3 Å². The number of hydrogen-bond acceptors (Lipinski definition) is 8. The fourth-order valence-corrected chi connectivity index (χ4v) is 8.61. The molecule has 2 aliphatic rings. The summed E-state index contributed by atoms with van der Waals surface area (Å²) in [6.45, 7) is 4.81. The van der Waals surface area contributed by atoms with Crippen molar-refractivity contribution in [1.82, 2.24) is 29.2 Å². The van der Waals surface area contributed by atoms with Gasteiger partial charge in [0.05, 0.1) is 9.79 Å². The van der Waals surface area contributed by atoms with E-state index < -0.39 is 20.0 Å². The molecule has 0 atom stereocenters. The average molecular weight is 615 g/mol. The summed E-state index contributed by atoms with van der Waals surface area (Å²) in [5.74, 6) is 0. The summed E-state index contributed by atoms with van der Waals surface area (Å²) in [5, 5.41) is 8.10. The number of fused-ring (bicyclic) bond motifs is 2. The molecule has 0 radical (unpaired) electrons. The van der Waals surface area contributed by atoms with E-state index >= 15 is 0 Å². The van der Waals surface area contributed by atoms with E-state index in [9.17, 15) is 26.4 Å². The Morgan fingerprint density at radius 3 is 1.38 bits per heavy atom. The number of H-pyrrole nitrogens is 2. The second kappa shape index (κ2) is 12.9. The number of nitrogens with zero attached hydrogens (tertiary/aromatic N) is 2. The van der Waals surface area contributed by atoms with Crippen LogP contribution in [0.2, 0.25) is 0 Å². The Hall–Kier alpha value is -3.40. The Bertz CT molecular complexity index is 1750. The van der Waals surface area contributed by atoms with Crippen molar-refractivity contribution in [1.29, 1.82) is 0 Å². The van der Waals surface area contributed by atoms with Gasteiger partial charge in [-0.2, -0.15) is 8.61 Å². The molecule has 12 nitrogen and oxygen atoms in total. The first-order valence-corrected chi connectivity index (χ1v) is 16.7. The van der Waals surface area contributed by atoms with Gasteiger partial charge >= 0.3 is 0 Å². The van der Waals surface area contributed by atoms with Crippen LogP contribution >= 0.6 is 0 Å². The molecule has 2 aliphatic heterocycles. The maximum atomic E-state index is 12.9. The van der Waals surface area contributed by atoms with Gasteiger partial charge in [-0.1, -0.05) is 12.1 Å². The summed E-state index contributed by atoms with van der Waals surface area (Å²) in [6.07, 6.45) is 4.52. The number of pyridine rings is 2. The first-order valence-electron chi connectivity index (χ1n) is 13.8. The van der Waals surface area contributed by atoms with Gasteiger partial charge in [0, 0.05) is 73.2 Å². The molecule has 0 aliphatic carbocycles. The Kier molecular flexibility index (Phi) is 9.20. The number of aromatic amines is 2. The van der Waals surface area contributed by atoms with Crippen LogP contribution in [0, 0.1) is 0 Å². The smallest absolute Gasteiger partial charge is 0.255 e. The third-order valence-electron chi connectivity index (χ3n) is 7.38. The average Bonchev–Trinajstić information content (AvgIpc) is 3.44. The lowest BCUT2D eigenvalue weighted by Gasteiger charge is -2.20. The molecule has 0 spiro atoms. The van der Waals surface area contributed by atoms with Crippen LogP contribution in [0.3, 0.4) is 0 Å². The van der Waals surface area contributed by atoms with E-state index in [0.29, 0.717) is 60.8 Å². The monoisotopic (exact) mass is 614 g/mol. The van der Waals surface area contributed by atoms with Gasteiger partial charge < -0.3 is 20.6 Å². The highest BCUT2D eigenvalue weighted by Gasteiger charge is 2.28. The molecule has 0 unspecified atom stereocenters. The highest BCUT2D eigenvalue weighted by Crippen LogP contribution is 2.25. The lowest BCUT2D eigenvalue weighted by molar-refractivity contribution is 0.432. The standard InChI is InChI=1S/2C14H17N3O3S/c2*18-14-12-3-1-4-13(11(12)5-7-16-14)21(19,20)17-9-2-6-15-8-10-17/h2*1,3-5,7,15H,2,6,8-10H2,(H,16,18). The van der Waals surface area contributed by atoms with Crippen LogP contribution in [0.25, 0.3) is 21.5 Å². The highest BCUT2D eigenvalue weighted by atomic mass is 32.2. The van der Waals surface area contributed by atoms with Crippen molar-refractivity contribution in [2.75, 3.05) is 52.4 Å². The van der Waals surface area contributed by atoms with Crippen LogP contribution in [0.5, 0.6) is 0 Å². The van der Waals surface area contributed by atoms with Crippen molar-refractivity contribution in [3.63, 3.8) is 0 Å². The van der Waals surface area contributed by atoms with Crippen molar-refractivity contribution < 1.29 is 16.8 Å². The van der Waals surface area contributed by atoms with Gasteiger partial charge in [-0.15, -0.1) is 0 Å². The van der Waals surface area contributed by atoms with E-state index in [1.54, 1.807) is 48.5 Å². The first-order chi connectivity index (χ1) is 20.2. The van der Waals surface area contributed by atoms with Crippen molar-refractivity contribution >= 4 is 41.6 Å². The van der Waals surface area contributed by atoms with Gasteiger partial charge in [-0.25, -0.2) is 16.8 Å². The minimum atomic E-state index is -3.59. The lowest BCUT2D eigenvalue weighted by Crippen LogP contribution is -2.34. The molecule has 4 heterocycles. The van der Waals surface area contributed by atoms with E-state index in [1.807, 2.05) is 0 Å². The number of nitrogens with one attached hydrogen (secondary N) is 4. The molecular weight excluding hydrogens is 580 g/mol. The normalized spacial score (nSPS) is 17.7. The lowest BCUT2D eigenvalue weighted by atomic mass is 10.2. The van der Waals surface area contributed by atoms with Crippen molar-refractivity contribution in [2.45, 2.75) is 22.6 Å². The second-order valence-electron chi connectivity index (χ2n) is 10.1. The van der Waals surface area contributed by atoms with Crippen molar-refractivity contribution in [3.8, 4) is 0 Å². The number of hydrogen-bond donors (Lipinski definition) is 4. The highest BCUT2D eigenvalue weighted by molar-refractivity contribution is 7.89. The number of rotatable bonds is 4. The van der Waals surface area contributed by atoms with E-state index in [-0.39, 0.29) is 20.9 Å². The molecule has 2 saturated heterocycles. The molecule has 0 amide bonds. The molecule has 0 bridgehead atoms. The zero-order chi connectivity index (χ0) is 29.7. The van der Waals surface area contributed by atoms with Crippen molar-refractivity contribution in [2.24, 2.45) is 0 Å². The van der Waals surface area contributed by atoms with E-state index in [2.05, 4.69) is 20.6 Å². The maximum Gasteiger partial charge on any atom is 0.255 e. The molecular formula is C28H34N6O6S2. The number of benzene rings is 2. The zero-order valence-corrected chi connectivity index (χ0v) is 24.6. The predicted octanol–water partition coefficient (Wildman–Crippen LogP) is 1.02. The minimum absolute atomic E-state index is 0.202. The van der Waals surface area contributed by atoms with Gasteiger partial charge in [0.15, 0.2) is 0 Å². The summed E-state index contributed by atoms with van der Waals surface area (Å²) in [7, 11) is -7.18. The Morgan fingerprint density at radius 1 is 0.524 bits per heavy atom. The van der Waals surface area contributed by atoms with Crippen LogP contribution in [0.15, 0.2) is 80.3 Å². The zero-order valence-electron chi connectivity index (χ0n) is 23.0. The van der Waals surface area contributed by atoms with Gasteiger partial charge in [0.25, 0.3) is 11.1 Å². The number of aromatic nitrogens is 2. The molecule has 6 rings (SSSR count). The summed E-state index contributed by atoms with van der Waals surface area (Å²) in [6, 6.07) is 12.9. The molecule has 4 N–H and O–H groups in total. The summed E-state index contributed by atoms with van der Waals surface area (Å²) in [5.41, 5.74) is -0.552. The largest absolute Gasteiger partial charge is 0.329 e. The fourth-order valence-electron chi connectivity index (χ4n) is 5.24. The fraction of sp³-hybridized carbons (Fsp3) is 0.357. The minimum Gasteiger partial charge on any atom is -0.329 e. The Morgan fingerprint density at radius 2 is 0.952 bits per heavy atom. The molecule has 2 aromatic heterocycles. The second-order valence-corrected chi connectivity index (χ2v) is 13.9. The molecule has 4 aromatic rings. The van der Waals surface area contributed by atoms with Gasteiger partial charge in [-0.3, -0.25) is 9.59 Å². The quantitative estimate of drug-likeness (QED) is 0.265. The molecule has 224 valence electrons. The molecule has 2 fully saturated rings. The van der Waals surface area contributed by atoms with Crippen LogP contribution < -0.4 is 21.8 Å². The van der Waals surface area contributed by atoms with Gasteiger partial charge in [0.1, 0.15) is 0 Å². The molecule has 42 heavy (non-hydrogen) atoms. The summed E-state index contributed by atoms with van der Waals surface area (Å²) >= 11 is 0. The molecule has 0 saturated carbocycles. The SMILES string of the molecule is O=c1[nH]ccc2c(S(=O)(=O)N3CCCNCC3)cccc12.O=c1[nH]ccc2c(S(=O)(=O)N3CCCNCC3)cccc12. The van der Waals surface area contributed by atoms with Crippen LogP contribution in [-0.4, -0.2) is 87.8 Å². The Labute approximate surface area is 243 Å². The van der Waals surface area contributed by atoms with Crippen molar-refractivity contribution in [3.05, 3.63) is 81.6 Å².